The van der Waals surface area contributed by atoms with E-state index in [2.05, 4.69) is 76.1 Å². The molecule has 1 aliphatic rings. The number of hydrogen-bond donors (Lipinski definition) is 3. The number of nitrogens with zero attached hydrogens (tertiary/aromatic N) is 2. The van der Waals surface area contributed by atoms with Crippen LogP contribution in [0.2, 0.25) is 0 Å². The third-order valence-corrected chi connectivity index (χ3v) is 5.92. The van der Waals surface area contributed by atoms with E-state index in [1.165, 1.54) is 24.0 Å². The number of benzene rings is 2. The number of aromatic amines is 1. The number of rotatable bonds is 6. The largest absolute Gasteiger partial charge is 0.338 e. The van der Waals surface area contributed by atoms with Gasteiger partial charge in [0.2, 0.25) is 0 Å². The number of likely N-dealkylation sites (tertiary alicyclic amines) is 1. The molecule has 1 fully saturated rings. The van der Waals surface area contributed by atoms with Crippen LogP contribution >= 0.6 is 0 Å². The lowest BCUT2D eigenvalue weighted by Crippen LogP contribution is -2.34. The molecule has 2 amide bonds. The van der Waals surface area contributed by atoms with E-state index < -0.39 is 0 Å². The Labute approximate surface area is 171 Å². The Morgan fingerprint density at radius 2 is 2.00 bits per heavy atom. The lowest BCUT2D eigenvalue weighted by Gasteiger charge is -2.19. The molecule has 0 saturated carbocycles. The second-order valence-corrected chi connectivity index (χ2v) is 7.83. The van der Waals surface area contributed by atoms with E-state index in [0.717, 1.165) is 35.9 Å². The number of aryl methyl sites for hydroxylation is 1. The molecule has 1 aliphatic heterocycles. The van der Waals surface area contributed by atoms with Crippen LogP contribution in [0.3, 0.4) is 0 Å². The first-order chi connectivity index (χ1) is 14.1. The zero-order chi connectivity index (χ0) is 20.2. The molecule has 1 aromatic heterocycles. The summed E-state index contributed by atoms with van der Waals surface area (Å²) in [4.78, 5) is 14.6. The number of nitrogens with one attached hydrogen (secondary N) is 3. The maximum atomic E-state index is 12.3. The van der Waals surface area contributed by atoms with E-state index >= 15 is 0 Å². The predicted octanol–water partition coefficient (Wildman–Crippen LogP) is 4.40. The van der Waals surface area contributed by atoms with Crippen molar-refractivity contribution < 1.29 is 4.79 Å². The van der Waals surface area contributed by atoms with Gasteiger partial charge in [-0.1, -0.05) is 37.3 Å². The Hall–Kier alpha value is -2.86. The number of carbonyl (C=O) groups excluding carboxylic acids is 1. The van der Waals surface area contributed by atoms with Crippen molar-refractivity contribution in [3.8, 4) is 11.1 Å². The molecule has 0 aliphatic carbocycles. The molecule has 1 saturated heterocycles. The highest BCUT2D eigenvalue weighted by Crippen LogP contribution is 2.27. The lowest BCUT2D eigenvalue weighted by atomic mass is 10.0. The minimum atomic E-state index is -0.210. The highest BCUT2D eigenvalue weighted by molar-refractivity contribution is 6.00. The Bertz CT molecular complexity index is 979. The second-order valence-electron chi connectivity index (χ2n) is 7.83. The van der Waals surface area contributed by atoms with Crippen LogP contribution < -0.4 is 10.6 Å². The van der Waals surface area contributed by atoms with Gasteiger partial charge in [-0.15, -0.1) is 0 Å². The van der Waals surface area contributed by atoms with Gasteiger partial charge in [-0.2, -0.15) is 5.10 Å². The molecule has 4 rings (SSSR count). The third kappa shape index (κ3) is 4.43. The van der Waals surface area contributed by atoms with Gasteiger partial charge in [0.25, 0.3) is 0 Å². The van der Waals surface area contributed by atoms with Gasteiger partial charge in [0.15, 0.2) is 5.82 Å². The molecular weight excluding hydrogens is 362 g/mol. The van der Waals surface area contributed by atoms with Crippen molar-refractivity contribution in [2.45, 2.75) is 38.6 Å². The van der Waals surface area contributed by atoms with Crippen molar-refractivity contribution in [3.63, 3.8) is 0 Å². The standard InChI is InChI=1S/C23H29N5O/c1-3-16-6-8-17(9-7-16)18-10-11-20-21(15-18)26-27-22(20)25-23(29)24-13-12-19-5-4-14-28(19)2/h6-11,15,19H,3-5,12-14H2,1-2H3,(H3,24,25,26,27,29). The van der Waals surface area contributed by atoms with Gasteiger partial charge in [0.05, 0.1) is 5.52 Å². The molecule has 2 heterocycles. The van der Waals surface area contributed by atoms with Crippen molar-refractivity contribution in [1.29, 1.82) is 0 Å². The Kier molecular flexibility index (Phi) is 5.81. The summed E-state index contributed by atoms with van der Waals surface area (Å²) in [5, 5.41) is 14.1. The molecule has 152 valence electrons. The highest BCUT2D eigenvalue weighted by atomic mass is 16.2. The molecular formula is C23H29N5O. The van der Waals surface area contributed by atoms with Crippen molar-refractivity contribution in [1.82, 2.24) is 20.4 Å². The zero-order valence-corrected chi connectivity index (χ0v) is 17.2. The number of carbonyl (C=O) groups is 1. The summed E-state index contributed by atoms with van der Waals surface area (Å²) >= 11 is 0. The van der Waals surface area contributed by atoms with Crippen molar-refractivity contribution in [2.75, 3.05) is 25.5 Å². The number of fused-ring (bicyclic) bond motifs is 1. The first kappa shape index (κ1) is 19.5. The average Bonchev–Trinajstić information content (AvgIpc) is 3.34. The van der Waals surface area contributed by atoms with Crippen LogP contribution in [0.1, 0.15) is 31.7 Å². The fraction of sp³-hybridized carbons (Fsp3) is 0.391. The maximum Gasteiger partial charge on any atom is 0.320 e. The number of amides is 2. The molecule has 0 radical (unpaired) electrons. The van der Waals surface area contributed by atoms with E-state index in [0.29, 0.717) is 18.4 Å². The second kappa shape index (κ2) is 8.66. The van der Waals surface area contributed by atoms with Crippen LogP contribution in [-0.4, -0.2) is 47.3 Å². The lowest BCUT2D eigenvalue weighted by molar-refractivity contribution is 0.248. The normalized spacial score (nSPS) is 17.0. The summed E-state index contributed by atoms with van der Waals surface area (Å²) in [5.41, 5.74) is 4.53. The number of H-pyrrole nitrogens is 1. The third-order valence-electron chi connectivity index (χ3n) is 5.92. The van der Waals surface area contributed by atoms with Gasteiger partial charge in [-0.05, 0) is 68.1 Å². The van der Waals surface area contributed by atoms with Gasteiger partial charge in [0.1, 0.15) is 0 Å². The first-order valence-corrected chi connectivity index (χ1v) is 10.5. The molecule has 29 heavy (non-hydrogen) atoms. The summed E-state index contributed by atoms with van der Waals surface area (Å²) in [5.74, 6) is 0.559. The summed E-state index contributed by atoms with van der Waals surface area (Å²) in [6.45, 7) is 3.98. The molecule has 2 aromatic carbocycles. The molecule has 3 aromatic rings. The monoisotopic (exact) mass is 391 g/mol. The van der Waals surface area contributed by atoms with E-state index in [4.69, 9.17) is 0 Å². The van der Waals surface area contributed by atoms with E-state index in [1.54, 1.807) is 0 Å². The highest BCUT2D eigenvalue weighted by Gasteiger charge is 2.20. The van der Waals surface area contributed by atoms with Crippen LogP contribution in [0.25, 0.3) is 22.0 Å². The van der Waals surface area contributed by atoms with Crippen LogP contribution in [0.4, 0.5) is 10.6 Å². The Morgan fingerprint density at radius 1 is 1.21 bits per heavy atom. The molecule has 6 heteroatoms. The molecule has 6 nitrogen and oxygen atoms in total. The minimum Gasteiger partial charge on any atom is -0.338 e. The number of urea groups is 1. The molecule has 1 unspecified atom stereocenters. The number of aromatic nitrogens is 2. The maximum absolute atomic E-state index is 12.3. The van der Waals surface area contributed by atoms with E-state index in [-0.39, 0.29) is 6.03 Å². The predicted molar refractivity (Wildman–Crippen MR) is 118 cm³/mol. The van der Waals surface area contributed by atoms with Crippen molar-refractivity contribution in [3.05, 3.63) is 48.0 Å². The number of anilines is 1. The Morgan fingerprint density at radius 3 is 2.72 bits per heavy atom. The molecule has 1 atom stereocenters. The fourth-order valence-corrected chi connectivity index (χ4v) is 4.08. The Balaban J connectivity index is 1.38. The van der Waals surface area contributed by atoms with Gasteiger partial charge in [-0.25, -0.2) is 4.79 Å². The van der Waals surface area contributed by atoms with E-state index in [1.807, 2.05) is 6.07 Å². The SMILES string of the molecule is CCc1ccc(-c2ccc3c(NC(=O)NCCC4CCCN4C)n[nH]c3c2)cc1. The van der Waals surface area contributed by atoms with Crippen LogP contribution in [0, 0.1) is 0 Å². The zero-order valence-electron chi connectivity index (χ0n) is 17.2. The van der Waals surface area contributed by atoms with Gasteiger partial charge >= 0.3 is 6.03 Å². The molecule has 0 spiro atoms. The van der Waals surface area contributed by atoms with Crippen molar-refractivity contribution >= 4 is 22.8 Å². The van der Waals surface area contributed by atoms with E-state index in [9.17, 15) is 4.79 Å². The summed E-state index contributed by atoms with van der Waals surface area (Å²) in [6, 6.07) is 15.1. The molecule has 3 N–H and O–H groups in total. The fourth-order valence-electron chi connectivity index (χ4n) is 4.08. The first-order valence-electron chi connectivity index (χ1n) is 10.5. The van der Waals surface area contributed by atoms with Crippen LogP contribution in [0.5, 0.6) is 0 Å². The summed E-state index contributed by atoms with van der Waals surface area (Å²) in [6.07, 6.45) is 4.48. The summed E-state index contributed by atoms with van der Waals surface area (Å²) in [7, 11) is 2.15. The van der Waals surface area contributed by atoms with Gasteiger partial charge < -0.3 is 10.2 Å². The minimum absolute atomic E-state index is 0.210. The summed E-state index contributed by atoms with van der Waals surface area (Å²) < 4.78 is 0. The van der Waals surface area contributed by atoms with Gasteiger partial charge in [-0.3, -0.25) is 10.4 Å². The topological polar surface area (TPSA) is 73.1 Å². The van der Waals surface area contributed by atoms with Crippen LogP contribution in [-0.2, 0) is 6.42 Å². The smallest absolute Gasteiger partial charge is 0.320 e. The quantitative estimate of drug-likeness (QED) is 0.583. The number of hydrogen-bond acceptors (Lipinski definition) is 3. The van der Waals surface area contributed by atoms with Gasteiger partial charge in [0, 0.05) is 18.0 Å². The average molecular weight is 392 g/mol. The van der Waals surface area contributed by atoms with Crippen LogP contribution in [0.15, 0.2) is 42.5 Å². The van der Waals surface area contributed by atoms with Crippen molar-refractivity contribution in [2.24, 2.45) is 0 Å². The molecule has 0 bridgehead atoms.